The summed E-state index contributed by atoms with van der Waals surface area (Å²) in [7, 11) is 0. The minimum Gasteiger partial charge on any atom is -0.480 e. The second-order valence-corrected chi connectivity index (χ2v) is 4.66. The van der Waals surface area contributed by atoms with E-state index >= 15 is 0 Å². The number of rotatable bonds is 9. The quantitative estimate of drug-likeness (QED) is 0.127. The van der Waals surface area contributed by atoms with Crippen molar-refractivity contribution in [3.05, 3.63) is 0 Å². The van der Waals surface area contributed by atoms with Gasteiger partial charge in [-0.1, -0.05) is 0 Å². The zero-order valence-corrected chi connectivity index (χ0v) is 13.3. The average molecular weight is 348 g/mol. The van der Waals surface area contributed by atoms with Gasteiger partial charge < -0.3 is 38.5 Å². The highest BCUT2D eigenvalue weighted by Crippen LogP contribution is 1.94. The lowest BCUT2D eigenvalue weighted by Gasteiger charge is -2.09. The first-order valence-electron chi connectivity index (χ1n) is 6.79. The van der Waals surface area contributed by atoms with Gasteiger partial charge in [-0.05, 0) is 12.8 Å². The predicted octanol–water partition coefficient (Wildman–Crippen LogP) is -3.10. The number of carboxylic acids is 2. The number of hydrogen-bond donors (Lipinski definition) is 7. The molecule has 0 aliphatic carbocycles. The van der Waals surface area contributed by atoms with Gasteiger partial charge in [-0.3, -0.25) is 19.4 Å². The Morgan fingerprint density at radius 2 is 1.62 bits per heavy atom. The van der Waals surface area contributed by atoms with Crippen LogP contribution < -0.4 is 28.3 Å². The van der Waals surface area contributed by atoms with E-state index in [1.54, 1.807) is 0 Å². The predicted molar refractivity (Wildman–Crippen MR) is 84.6 cm³/mol. The molecule has 0 rings (SSSR count). The Labute approximate surface area is 138 Å². The largest absolute Gasteiger partial charge is 0.480 e. The molecule has 0 aliphatic rings. The molecular weight excluding hydrogens is 324 g/mol. The summed E-state index contributed by atoms with van der Waals surface area (Å²) in [6.07, 6.45) is 0.562. The molecule has 24 heavy (non-hydrogen) atoms. The fourth-order valence-corrected chi connectivity index (χ4v) is 1.29. The van der Waals surface area contributed by atoms with Crippen LogP contribution in [0.3, 0.4) is 0 Å². The van der Waals surface area contributed by atoms with Crippen molar-refractivity contribution in [2.45, 2.75) is 38.3 Å². The topological polar surface area (TPSA) is 237 Å². The molecular formula is C12H24N6O6. The van der Waals surface area contributed by atoms with E-state index in [0.717, 1.165) is 6.92 Å². The highest BCUT2D eigenvalue weighted by atomic mass is 16.4. The zero-order valence-electron chi connectivity index (χ0n) is 13.3. The Morgan fingerprint density at radius 3 is 1.96 bits per heavy atom. The van der Waals surface area contributed by atoms with Crippen molar-refractivity contribution in [2.24, 2.45) is 27.9 Å². The fourth-order valence-electron chi connectivity index (χ4n) is 1.29. The van der Waals surface area contributed by atoms with Gasteiger partial charge in [0, 0.05) is 13.5 Å². The number of nitrogens with one attached hydrogen (secondary N) is 1. The second kappa shape index (κ2) is 12.6. The van der Waals surface area contributed by atoms with Crippen molar-refractivity contribution in [3.8, 4) is 0 Å². The number of aliphatic carboxylic acids is 2. The van der Waals surface area contributed by atoms with Crippen molar-refractivity contribution < 1.29 is 29.4 Å². The highest BCUT2D eigenvalue weighted by Gasteiger charge is 2.20. The summed E-state index contributed by atoms with van der Waals surface area (Å²) in [4.78, 5) is 45.0. The molecule has 12 nitrogen and oxygen atoms in total. The number of carboxylic acid groups (broad SMARTS) is 2. The van der Waals surface area contributed by atoms with Gasteiger partial charge in [-0.15, -0.1) is 0 Å². The molecule has 0 aromatic heterocycles. The average Bonchev–Trinajstić information content (AvgIpc) is 2.41. The summed E-state index contributed by atoms with van der Waals surface area (Å²) < 4.78 is 0. The summed E-state index contributed by atoms with van der Waals surface area (Å²) >= 11 is 0. The van der Waals surface area contributed by atoms with Crippen LogP contribution in [-0.4, -0.2) is 58.6 Å². The number of nitrogens with two attached hydrogens (primary N) is 4. The smallest absolute Gasteiger partial charge is 0.326 e. The van der Waals surface area contributed by atoms with Crippen molar-refractivity contribution in [2.75, 3.05) is 6.54 Å². The highest BCUT2D eigenvalue weighted by molar-refractivity contribution is 5.87. The van der Waals surface area contributed by atoms with E-state index in [1.807, 2.05) is 0 Å². The fraction of sp³-hybridized carbons (Fsp3) is 0.583. The van der Waals surface area contributed by atoms with Gasteiger partial charge in [0.05, 0.1) is 6.42 Å². The van der Waals surface area contributed by atoms with Crippen LogP contribution in [0.5, 0.6) is 0 Å². The summed E-state index contributed by atoms with van der Waals surface area (Å²) in [6.45, 7) is 1.58. The molecule has 0 saturated heterocycles. The number of nitrogens with zero attached hydrogens (tertiary/aromatic N) is 1. The van der Waals surface area contributed by atoms with E-state index in [2.05, 4.69) is 10.3 Å². The Hall–Kier alpha value is -2.89. The van der Waals surface area contributed by atoms with Gasteiger partial charge >= 0.3 is 11.9 Å². The Bertz CT molecular complexity index is 461. The molecule has 0 aliphatic heterocycles. The third-order valence-electron chi connectivity index (χ3n) is 2.37. The van der Waals surface area contributed by atoms with E-state index in [-0.39, 0.29) is 5.96 Å². The van der Waals surface area contributed by atoms with Crippen LogP contribution in [-0.2, 0) is 19.2 Å². The van der Waals surface area contributed by atoms with E-state index in [0.29, 0.717) is 19.4 Å². The third-order valence-corrected chi connectivity index (χ3v) is 2.37. The van der Waals surface area contributed by atoms with Crippen LogP contribution in [0.2, 0.25) is 0 Å². The van der Waals surface area contributed by atoms with Crippen LogP contribution in [0, 0.1) is 0 Å². The molecule has 12 heteroatoms. The third kappa shape index (κ3) is 15.5. The maximum Gasteiger partial charge on any atom is 0.326 e. The molecule has 2 amide bonds. The van der Waals surface area contributed by atoms with Gasteiger partial charge in [0.25, 0.3) is 0 Å². The van der Waals surface area contributed by atoms with Gasteiger partial charge in [0.1, 0.15) is 12.1 Å². The molecule has 0 aromatic carbocycles. The standard InChI is InChI=1S/C6H14N4O2.C6H10N2O4/c7-4(5(11)12)2-1-3-10-6(8)9;1-3(9)8-4(6(11)12)2-5(7)10/h4H,1-3,7H2,(H,11,12)(H4,8,9,10);4H,2H2,1H3,(H2,7,10)(H,8,9)(H,11,12). The summed E-state index contributed by atoms with van der Waals surface area (Å²) in [6, 6.07) is -2.04. The summed E-state index contributed by atoms with van der Waals surface area (Å²) in [5.74, 6) is -3.54. The van der Waals surface area contributed by atoms with Crippen molar-refractivity contribution >= 4 is 29.7 Å². The van der Waals surface area contributed by atoms with Crippen molar-refractivity contribution in [1.29, 1.82) is 0 Å². The number of carbonyl (C=O) groups excluding carboxylic acids is 2. The molecule has 0 bridgehead atoms. The lowest BCUT2D eigenvalue weighted by atomic mass is 10.2. The van der Waals surface area contributed by atoms with Crippen LogP contribution in [0.4, 0.5) is 0 Å². The zero-order chi connectivity index (χ0) is 19.3. The van der Waals surface area contributed by atoms with E-state index in [9.17, 15) is 19.2 Å². The van der Waals surface area contributed by atoms with E-state index in [1.165, 1.54) is 0 Å². The lowest BCUT2D eigenvalue weighted by molar-refractivity contribution is -0.143. The molecule has 0 aromatic rings. The lowest BCUT2D eigenvalue weighted by Crippen LogP contribution is -2.42. The molecule has 138 valence electrons. The first kappa shape index (κ1) is 23.4. The van der Waals surface area contributed by atoms with E-state index < -0.39 is 42.3 Å². The first-order chi connectivity index (χ1) is 11.0. The summed E-state index contributed by atoms with van der Waals surface area (Å²) in [5, 5.41) is 18.9. The number of hydrogen-bond acceptors (Lipinski definition) is 6. The number of amides is 2. The second-order valence-electron chi connectivity index (χ2n) is 4.66. The molecule has 0 fully saturated rings. The Kier molecular flexibility index (Phi) is 12.3. The molecule has 0 heterocycles. The van der Waals surface area contributed by atoms with Gasteiger partial charge in [0.2, 0.25) is 11.8 Å². The van der Waals surface area contributed by atoms with Gasteiger partial charge in [-0.2, -0.15) is 0 Å². The summed E-state index contributed by atoms with van der Waals surface area (Å²) in [5.41, 5.74) is 20.1. The van der Waals surface area contributed by atoms with Crippen LogP contribution in [0.15, 0.2) is 4.99 Å². The molecule has 11 N–H and O–H groups in total. The normalized spacial score (nSPS) is 11.9. The van der Waals surface area contributed by atoms with Crippen LogP contribution in [0.25, 0.3) is 0 Å². The number of guanidine groups is 1. The molecule has 0 saturated carbocycles. The molecule has 0 radical (unpaired) electrons. The number of aliphatic imine (C=N–C) groups is 1. The minimum absolute atomic E-state index is 0.0129. The monoisotopic (exact) mass is 348 g/mol. The molecule has 2 unspecified atom stereocenters. The molecule has 2 atom stereocenters. The van der Waals surface area contributed by atoms with Crippen LogP contribution in [0.1, 0.15) is 26.2 Å². The Balaban J connectivity index is 0. The number of carbonyl (C=O) groups is 4. The minimum atomic E-state index is -1.27. The SMILES string of the molecule is CC(=O)NC(CC(N)=O)C(=O)O.NC(N)=NCCCC(N)C(=O)O. The van der Waals surface area contributed by atoms with Crippen molar-refractivity contribution in [1.82, 2.24) is 5.32 Å². The maximum absolute atomic E-state index is 10.4. The van der Waals surface area contributed by atoms with Crippen molar-refractivity contribution in [3.63, 3.8) is 0 Å². The first-order valence-corrected chi connectivity index (χ1v) is 6.79. The Morgan fingerprint density at radius 1 is 1.08 bits per heavy atom. The molecule has 0 spiro atoms. The number of primary amides is 1. The van der Waals surface area contributed by atoms with Crippen LogP contribution >= 0.6 is 0 Å². The maximum atomic E-state index is 10.4. The van der Waals surface area contributed by atoms with Gasteiger partial charge in [-0.25, -0.2) is 4.79 Å². The van der Waals surface area contributed by atoms with Gasteiger partial charge in [0.15, 0.2) is 5.96 Å². The van der Waals surface area contributed by atoms with E-state index in [4.69, 9.17) is 33.1 Å².